The van der Waals surface area contributed by atoms with E-state index in [1.165, 1.54) is 12.1 Å². The summed E-state index contributed by atoms with van der Waals surface area (Å²) in [4.78, 5) is 2.99. The molecule has 0 unspecified atom stereocenters. The molecule has 0 aliphatic carbocycles. The predicted octanol–water partition coefficient (Wildman–Crippen LogP) is 5.24. The van der Waals surface area contributed by atoms with Crippen LogP contribution in [0.1, 0.15) is 0 Å². The minimum atomic E-state index is -0.305. The van der Waals surface area contributed by atoms with E-state index in [0.717, 1.165) is 15.7 Å². The van der Waals surface area contributed by atoms with Gasteiger partial charge in [0.05, 0.1) is 26.2 Å². The van der Waals surface area contributed by atoms with Crippen LogP contribution in [0.3, 0.4) is 0 Å². The fourth-order valence-electron chi connectivity index (χ4n) is 1.99. The van der Waals surface area contributed by atoms with Crippen LogP contribution in [0.2, 0.25) is 5.02 Å². The normalized spacial score (nSPS) is 11.1. The highest BCUT2D eigenvalue weighted by molar-refractivity contribution is 9.10. The molecule has 0 amide bonds. The van der Waals surface area contributed by atoms with Crippen molar-refractivity contribution in [1.82, 2.24) is 9.55 Å². The lowest BCUT2D eigenvalue weighted by Crippen LogP contribution is -1.95. The van der Waals surface area contributed by atoms with E-state index in [2.05, 4.69) is 20.9 Å². The van der Waals surface area contributed by atoms with Crippen LogP contribution >= 0.6 is 39.7 Å². The van der Waals surface area contributed by atoms with E-state index >= 15 is 0 Å². The lowest BCUT2D eigenvalue weighted by molar-refractivity contribution is 0.629. The van der Waals surface area contributed by atoms with Gasteiger partial charge in [0.15, 0.2) is 4.77 Å². The van der Waals surface area contributed by atoms with Crippen molar-refractivity contribution in [3.8, 4) is 5.69 Å². The van der Waals surface area contributed by atoms with Crippen molar-refractivity contribution in [3.63, 3.8) is 0 Å². The standard InChI is InChI=1S/C13H7BrClFN2S/c14-12-8(15)2-1-3-11(12)18-10-5-4-7(16)6-9(10)17-13(18)19/h1-6H,(H,17,19). The summed E-state index contributed by atoms with van der Waals surface area (Å²) in [5, 5.41) is 0.593. The molecule has 0 aliphatic rings. The molecule has 96 valence electrons. The first-order chi connectivity index (χ1) is 9.08. The molecule has 19 heavy (non-hydrogen) atoms. The summed E-state index contributed by atoms with van der Waals surface area (Å²) in [6.07, 6.45) is 0. The Morgan fingerprint density at radius 1 is 1.26 bits per heavy atom. The summed E-state index contributed by atoms with van der Waals surface area (Å²) in [5.41, 5.74) is 2.27. The number of H-pyrrole nitrogens is 1. The van der Waals surface area contributed by atoms with E-state index in [0.29, 0.717) is 15.3 Å². The van der Waals surface area contributed by atoms with Gasteiger partial charge in [-0.2, -0.15) is 0 Å². The molecule has 0 aliphatic heterocycles. The van der Waals surface area contributed by atoms with Gasteiger partial charge in [-0.05, 0) is 58.5 Å². The molecule has 0 atom stereocenters. The van der Waals surface area contributed by atoms with Crippen molar-refractivity contribution in [1.29, 1.82) is 0 Å². The van der Waals surface area contributed by atoms with Gasteiger partial charge in [-0.25, -0.2) is 4.39 Å². The van der Waals surface area contributed by atoms with Crippen molar-refractivity contribution in [2.75, 3.05) is 0 Å². The van der Waals surface area contributed by atoms with E-state index in [1.54, 1.807) is 12.1 Å². The van der Waals surface area contributed by atoms with Crippen molar-refractivity contribution >= 4 is 50.8 Å². The third kappa shape index (κ3) is 2.12. The average molecular weight is 358 g/mol. The quantitative estimate of drug-likeness (QED) is 0.590. The number of aromatic amines is 1. The number of fused-ring (bicyclic) bond motifs is 1. The smallest absolute Gasteiger partial charge is 0.182 e. The number of nitrogens with one attached hydrogen (secondary N) is 1. The van der Waals surface area contributed by atoms with Crippen LogP contribution in [-0.4, -0.2) is 9.55 Å². The van der Waals surface area contributed by atoms with Crippen LogP contribution in [0, 0.1) is 10.6 Å². The maximum absolute atomic E-state index is 13.2. The third-order valence-corrected chi connectivity index (χ3v) is 4.48. The number of nitrogens with zero attached hydrogens (tertiary/aromatic N) is 1. The van der Waals surface area contributed by atoms with Crippen molar-refractivity contribution in [2.45, 2.75) is 0 Å². The Bertz CT molecular complexity index is 840. The van der Waals surface area contributed by atoms with Crippen LogP contribution in [0.25, 0.3) is 16.7 Å². The minimum absolute atomic E-state index is 0.305. The summed E-state index contributed by atoms with van der Waals surface area (Å²) in [6, 6.07) is 10.0. The summed E-state index contributed by atoms with van der Waals surface area (Å²) in [6.45, 7) is 0. The molecule has 3 aromatic rings. The van der Waals surface area contributed by atoms with Crippen LogP contribution < -0.4 is 0 Å². The fraction of sp³-hybridized carbons (Fsp3) is 0. The Hall–Kier alpha value is -1.17. The topological polar surface area (TPSA) is 20.7 Å². The van der Waals surface area contributed by atoms with Gasteiger partial charge in [0, 0.05) is 0 Å². The van der Waals surface area contributed by atoms with Crippen LogP contribution in [-0.2, 0) is 0 Å². The molecular formula is C13H7BrClFN2S. The van der Waals surface area contributed by atoms with Crippen molar-refractivity contribution in [2.24, 2.45) is 0 Å². The van der Waals surface area contributed by atoms with Gasteiger partial charge in [-0.3, -0.25) is 4.57 Å². The lowest BCUT2D eigenvalue weighted by Gasteiger charge is -2.08. The molecule has 2 nitrogen and oxygen atoms in total. The maximum Gasteiger partial charge on any atom is 0.182 e. The van der Waals surface area contributed by atoms with E-state index in [-0.39, 0.29) is 5.82 Å². The molecule has 0 spiro atoms. The largest absolute Gasteiger partial charge is 0.330 e. The van der Waals surface area contributed by atoms with Gasteiger partial charge in [-0.1, -0.05) is 17.7 Å². The Labute approximate surface area is 127 Å². The number of aromatic nitrogens is 2. The minimum Gasteiger partial charge on any atom is -0.330 e. The number of imidazole rings is 1. The summed E-state index contributed by atoms with van der Waals surface area (Å²) >= 11 is 14.8. The van der Waals surface area contributed by atoms with Crippen molar-refractivity contribution < 1.29 is 4.39 Å². The second-order valence-corrected chi connectivity index (χ2v) is 5.59. The number of benzene rings is 2. The zero-order chi connectivity index (χ0) is 13.6. The lowest BCUT2D eigenvalue weighted by atomic mass is 10.2. The monoisotopic (exact) mass is 356 g/mol. The van der Waals surface area contributed by atoms with Crippen molar-refractivity contribution in [3.05, 3.63) is 56.5 Å². The fourth-order valence-corrected chi connectivity index (χ4v) is 2.91. The van der Waals surface area contributed by atoms with Gasteiger partial charge in [0.1, 0.15) is 5.82 Å². The van der Waals surface area contributed by atoms with Gasteiger partial charge in [-0.15, -0.1) is 0 Å². The zero-order valence-corrected chi connectivity index (χ0v) is 12.6. The molecule has 0 fully saturated rings. The molecule has 1 N–H and O–H groups in total. The predicted molar refractivity (Wildman–Crippen MR) is 81.1 cm³/mol. The van der Waals surface area contributed by atoms with Gasteiger partial charge < -0.3 is 4.98 Å². The molecule has 0 saturated carbocycles. The van der Waals surface area contributed by atoms with Gasteiger partial charge >= 0.3 is 0 Å². The summed E-state index contributed by atoms with van der Waals surface area (Å²) in [7, 11) is 0. The molecule has 0 bridgehead atoms. The van der Waals surface area contributed by atoms with E-state index < -0.39 is 0 Å². The highest BCUT2D eigenvalue weighted by Gasteiger charge is 2.11. The molecular weight excluding hydrogens is 351 g/mol. The van der Waals surface area contributed by atoms with Crippen LogP contribution in [0.15, 0.2) is 40.9 Å². The molecule has 2 aromatic carbocycles. The third-order valence-electron chi connectivity index (χ3n) is 2.82. The first kappa shape index (κ1) is 12.8. The molecule has 3 rings (SSSR count). The maximum atomic E-state index is 13.2. The molecule has 1 heterocycles. The Morgan fingerprint density at radius 3 is 2.84 bits per heavy atom. The summed E-state index contributed by atoms with van der Waals surface area (Å²) < 4.78 is 16.3. The van der Waals surface area contributed by atoms with Crippen LogP contribution in [0.4, 0.5) is 4.39 Å². The number of halogens is 3. The highest BCUT2D eigenvalue weighted by atomic mass is 79.9. The number of rotatable bonds is 1. The highest BCUT2D eigenvalue weighted by Crippen LogP contribution is 2.31. The Kier molecular flexibility index (Phi) is 3.20. The summed E-state index contributed by atoms with van der Waals surface area (Å²) in [5.74, 6) is -0.305. The van der Waals surface area contributed by atoms with E-state index in [4.69, 9.17) is 23.8 Å². The van der Waals surface area contributed by atoms with E-state index in [1.807, 2.05) is 16.7 Å². The molecule has 1 aromatic heterocycles. The molecule has 0 radical (unpaired) electrons. The van der Waals surface area contributed by atoms with Crippen LogP contribution in [0.5, 0.6) is 0 Å². The Morgan fingerprint density at radius 2 is 2.05 bits per heavy atom. The zero-order valence-electron chi connectivity index (χ0n) is 9.45. The second kappa shape index (κ2) is 4.74. The van der Waals surface area contributed by atoms with Gasteiger partial charge in [0.25, 0.3) is 0 Å². The first-order valence-corrected chi connectivity index (χ1v) is 7.00. The number of hydrogen-bond acceptors (Lipinski definition) is 1. The van der Waals surface area contributed by atoms with Gasteiger partial charge in [0.2, 0.25) is 0 Å². The SMILES string of the molecule is Fc1ccc2c(c1)[nH]c(=S)n2-c1cccc(Cl)c1Br. The first-order valence-electron chi connectivity index (χ1n) is 5.42. The Balaban J connectivity index is 2.40. The molecule has 0 saturated heterocycles. The van der Waals surface area contributed by atoms with E-state index in [9.17, 15) is 4.39 Å². The second-order valence-electron chi connectivity index (χ2n) is 4.00. The average Bonchev–Trinajstić information content (AvgIpc) is 2.68. The molecule has 6 heteroatoms. The number of hydrogen-bond donors (Lipinski definition) is 1.